The van der Waals surface area contributed by atoms with Gasteiger partial charge in [0.2, 0.25) is 0 Å². The molecule has 2 aromatic carbocycles. The maximum atomic E-state index is 10.7. The fraction of sp³-hybridized carbons (Fsp3) is 0.188. The molecule has 2 rings (SSSR count). The van der Waals surface area contributed by atoms with Gasteiger partial charge in [-0.3, -0.25) is 4.79 Å². The van der Waals surface area contributed by atoms with Crippen LogP contribution < -0.4 is 0 Å². The van der Waals surface area contributed by atoms with E-state index in [2.05, 4.69) is 56.1 Å². The molecule has 2 aromatic rings. The zero-order chi connectivity index (χ0) is 14.5. The molecule has 0 saturated heterocycles. The van der Waals surface area contributed by atoms with Gasteiger partial charge in [0.05, 0.1) is 11.2 Å². The van der Waals surface area contributed by atoms with Crippen molar-refractivity contribution in [2.24, 2.45) is 0 Å². The summed E-state index contributed by atoms with van der Waals surface area (Å²) in [5.41, 5.74) is 3.39. The molecule has 0 spiro atoms. The maximum absolute atomic E-state index is 10.7. The van der Waals surface area contributed by atoms with Crippen molar-refractivity contribution in [3.05, 3.63) is 60.2 Å². The second-order valence-corrected chi connectivity index (χ2v) is 6.67. The van der Waals surface area contributed by atoms with Crippen molar-refractivity contribution in [3.63, 3.8) is 0 Å². The average Bonchev–Trinajstić information content (AvgIpc) is 2.47. The molecule has 0 saturated carbocycles. The van der Waals surface area contributed by atoms with E-state index in [1.807, 2.05) is 30.3 Å². The molecule has 0 aliphatic carbocycles. The zero-order valence-corrected chi connectivity index (χ0v) is 13.8. The zero-order valence-electron chi connectivity index (χ0n) is 10.7. The summed E-state index contributed by atoms with van der Waals surface area (Å²) >= 11 is 6.97. The Balaban J connectivity index is 2.14. The molecule has 0 aliphatic heterocycles. The van der Waals surface area contributed by atoms with Gasteiger partial charge in [0.25, 0.3) is 0 Å². The van der Waals surface area contributed by atoms with E-state index >= 15 is 0 Å². The van der Waals surface area contributed by atoms with Crippen molar-refractivity contribution < 1.29 is 9.90 Å². The van der Waals surface area contributed by atoms with Crippen LogP contribution in [-0.2, 0) is 4.79 Å². The number of carbonyl (C=O) groups is 1. The third-order valence-electron chi connectivity index (χ3n) is 3.02. The number of benzene rings is 2. The van der Waals surface area contributed by atoms with E-state index < -0.39 is 5.97 Å². The van der Waals surface area contributed by atoms with Crippen LogP contribution in [0.4, 0.5) is 0 Å². The summed E-state index contributed by atoms with van der Waals surface area (Å²) in [7, 11) is 0. The van der Waals surface area contributed by atoms with E-state index in [9.17, 15) is 4.79 Å². The molecule has 4 heteroatoms. The molecule has 0 amide bonds. The van der Waals surface area contributed by atoms with E-state index in [4.69, 9.17) is 5.11 Å². The minimum absolute atomic E-state index is 0.0246. The summed E-state index contributed by atoms with van der Waals surface area (Å²) in [4.78, 5) is 10.6. The lowest BCUT2D eigenvalue weighted by molar-refractivity contribution is -0.136. The minimum Gasteiger partial charge on any atom is -0.481 e. The number of carboxylic acid groups (broad SMARTS) is 1. The monoisotopic (exact) mass is 396 g/mol. The summed E-state index contributed by atoms with van der Waals surface area (Å²) in [5.74, 6) is -0.808. The second-order valence-electron chi connectivity index (χ2n) is 4.50. The Bertz CT molecular complexity index is 567. The van der Waals surface area contributed by atoms with Crippen molar-refractivity contribution in [3.8, 4) is 11.1 Å². The number of alkyl halides is 2. The lowest BCUT2D eigenvalue weighted by atomic mass is 10.0. The molecule has 0 radical (unpaired) electrons. The van der Waals surface area contributed by atoms with Crippen LogP contribution in [-0.4, -0.2) is 15.9 Å². The first kappa shape index (κ1) is 15.3. The molecule has 2 atom stereocenters. The van der Waals surface area contributed by atoms with E-state index in [0.29, 0.717) is 0 Å². The third-order valence-corrected chi connectivity index (χ3v) is 5.75. The number of hydrogen-bond acceptors (Lipinski definition) is 1. The van der Waals surface area contributed by atoms with Crippen molar-refractivity contribution in [1.29, 1.82) is 0 Å². The van der Waals surface area contributed by atoms with E-state index in [-0.39, 0.29) is 16.1 Å². The summed E-state index contributed by atoms with van der Waals surface area (Å²) in [6.45, 7) is 0. The van der Waals surface area contributed by atoms with Gasteiger partial charge in [-0.2, -0.15) is 0 Å². The predicted molar refractivity (Wildman–Crippen MR) is 88.5 cm³/mol. The highest BCUT2D eigenvalue weighted by molar-refractivity contribution is 9.12. The minimum atomic E-state index is -0.808. The first-order valence-corrected chi connectivity index (χ1v) is 8.06. The van der Waals surface area contributed by atoms with Crippen LogP contribution in [0, 0.1) is 0 Å². The molecule has 0 aliphatic rings. The molecule has 2 nitrogen and oxygen atoms in total. The van der Waals surface area contributed by atoms with Gasteiger partial charge in [-0.15, -0.1) is 0 Å². The quantitative estimate of drug-likeness (QED) is 0.718. The first-order valence-electron chi connectivity index (χ1n) is 6.23. The van der Waals surface area contributed by atoms with E-state index in [0.717, 1.165) is 11.1 Å². The van der Waals surface area contributed by atoms with Crippen molar-refractivity contribution in [2.75, 3.05) is 0 Å². The molecule has 1 N–H and O–H groups in total. The molecule has 0 aromatic heterocycles. The van der Waals surface area contributed by atoms with Crippen LogP contribution in [0.25, 0.3) is 11.1 Å². The fourth-order valence-corrected chi connectivity index (χ4v) is 3.04. The second kappa shape index (κ2) is 7.04. The topological polar surface area (TPSA) is 37.3 Å². The van der Waals surface area contributed by atoms with Gasteiger partial charge < -0.3 is 5.11 Å². The lowest BCUT2D eigenvalue weighted by Crippen LogP contribution is -2.12. The Hall–Kier alpha value is -1.13. The van der Waals surface area contributed by atoms with Crippen LogP contribution in [0.5, 0.6) is 0 Å². The Morgan fingerprint density at radius 1 is 0.950 bits per heavy atom. The van der Waals surface area contributed by atoms with Crippen molar-refractivity contribution >= 4 is 37.8 Å². The van der Waals surface area contributed by atoms with Crippen LogP contribution in [0.3, 0.4) is 0 Å². The fourth-order valence-electron chi connectivity index (χ4n) is 1.97. The molecule has 0 bridgehead atoms. The molecule has 0 heterocycles. The molecule has 0 fully saturated rings. The van der Waals surface area contributed by atoms with Gasteiger partial charge in [-0.1, -0.05) is 86.5 Å². The standard InChI is InChI=1S/C16H14Br2O2/c17-14(10-15(19)20)16(18)13-8-6-12(7-9-13)11-4-2-1-3-5-11/h1-9,14,16H,10H2,(H,19,20). The van der Waals surface area contributed by atoms with E-state index in [1.54, 1.807) is 0 Å². The Morgan fingerprint density at radius 3 is 2.05 bits per heavy atom. The molecule has 2 unspecified atom stereocenters. The Morgan fingerprint density at radius 2 is 1.50 bits per heavy atom. The van der Waals surface area contributed by atoms with Gasteiger partial charge >= 0.3 is 5.97 Å². The Kier molecular flexibility index (Phi) is 5.38. The van der Waals surface area contributed by atoms with Crippen molar-refractivity contribution in [2.45, 2.75) is 16.1 Å². The molecular weight excluding hydrogens is 384 g/mol. The van der Waals surface area contributed by atoms with Gasteiger partial charge in [0.1, 0.15) is 0 Å². The lowest BCUT2D eigenvalue weighted by Gasteiger charge is -2.15. The highest BCUT2D eigenvalue weighted by atomic mass is 79.9. The third kappa shape index (κ3) is 3.93. The van der Waals surface area contributed by atoms with E-state index in [1.165, 1.54) is 5.56 Å². The highest BCUT2D eigenvalue weighted by Crippen LogP contribution is 2.34. The summed E-state index contributed by atoms with van der Waals surface area (Å²) in [6, 6.07) is 18.3. The molecule has 20 heavy (non-hydrogen) atoms. The average molecular weight is 398 g/mol. The predicted octanol–water partition coefficient (Wildman–Crippen LogP) is 5.03. The van der Waals surface area contributed by atoms with Crippen LogP contribution in [0.15, 0.2) is 54.6 Å². The normalized spacial score (nSPS) is 13.7. The van der Waals surface area contributed by atoms with Gasteiger partial charge in [0.15, 0.2) is 0 Å². The number of carboxylic acids is 1. The molecule has 104 valence electrons. The Labute approximate surface area is 135 Å². The van der Waals surface area contributed by atoms with Crippen LogP contribution in [0.2, 0.25) is 0 Å². The first-order chi connectivity index (χ1) is 9.58. The largest absolute Gasteiger partial charge is 0.481 e. The summed E-state index contributed by atoms with van der Waals surface area (Å²) in [6.07, 6.45) is 0.0797. The van der Waals surface area contributed by atoms with Gasteiger partial charge in [0, 0.05) is 4.83 Å². The van der Waals surface area contributed by atoms with Crippen LogP contribution in [0.1, 0.15) is 16.8 Å². The van der Waals surface area contributed by atoms with Crippen molar-refractivity contribution in [1.82, 2.24) is 0 Å². The summed E-state index contributed by atoms with van der Waals surface area (Å²) in [5, 5.41) is 8.82. The van der Waals surface area contributed by atoms with Gasteiger partial charge in [-0.25, -0.2) is 0 Å². The van der Waals surface area contributed by atoms with Crippen LogP contribution >= 0.6 is 31.9 Å². The number of rotatable bonds is 5. The SMILES string of the molecule is O=C(O)CC(Br)C(Br)c1ccc(-c2ccccc2)cc1. The smallest absolute Gasteiger partial charge is 0.304 e. The molecular formula is C16H14Br2O2. The number of hydrogen-bond donors (Lipinski definition) is 1. The highest BCUT2D eigenvalue weighted by Gasteiger charge is 2.20. The van der Waals surface area contributed by atoms with Gasteiger partial charge in [-0.05, 0) is 16.7 Å². The maximum Gasteiger partial charge on any atom is 0.304 e. The number of halogens is 2. The summed E-state index contributed by atoms with van der Waals surface area (Å²) < 4.78 is 0. The number of aliphatic carboxylic acids is 1.